The van der Waals surface area contributed by atoms with Crippen molar-refractivity contribution in [2.45, 2.75) is 0 Å². The number of hydroxylamine groups is 1. The van der Waals surface area contributed by atoms with E-state index < -0.39 is 21.9 Å². The van der Waals surface area contributed by atoms with E-state index in [1.54, 1.807) is 18.2 Å². The maximum atomic E-state index is 13.4. The number of sulfonamides is 1. The van der Waals surface area contributed by atoms with Gasteiger partial charge in [-0.3, -0.25) is 13.9 Å². The van der Waals surface area contributed by atoms with Crippen molar-refractivity contribution in [1.29, 1.82) is 0 Å². The van der Waals surface area contributed by atoms with Crippen LogP contribution in [-0.4, -0.2) is 49.7 Å². The van der Waals surface area contributed by atoms with Gasteiger partial charge in [-0.05, 0) is 24.3 Å². The van der Waals surface area contributed by atoms with Crippen LogP contribution in [0.25, 0.3) is 0 Å². The SMILES string of the molecule is CONC(=O)c1cnc(Nc2cccc(F)n2)cc1Nc1cccnc1N(C)S(C)(=O)=O. The van der Waals surface area contributed by atoms with Gasteiger partial charge in [0.15, 0.2) is 5.82 Å². The molecule has 168 valence electrons. The lowest BCUT2D eigenvalue weighted by Crippen LogP contribution is -2.27. The van der Waals surface area contributed by atoms with Crippen LogP contribution in [-0.2, 0) is 14.9 Å². The van der Waals surface area contributed by atoms with E-state index in [4.69, 9.17) is 0 Å². The maximum absolute atomic E-state index is 13.4. The number of pyridine rings is 3. The number of carbonyl (C=O) groups excluding carboxylic acids is 1. The third kappa shape index (κ3) is 5.44. The van der Waals surface area contributed by atoms with E-state index in [-0.39, 0.29) is 28.7 Å². The highest BCUT2D eigenvalue weighted by Crippen LogP contribution is 2.30. The van der Waals surface area contributed by atoms with E-state index in [0.717, 1.165) is 10.6 Å². The molecule has 1 amide bonds. The van der Waals surface area contributed by atoms with Gasteiger partial charge in [-0.15, -0.1) is 0 Å². The first-order valence-corrected chi connectivity index (χ1v) is 10.9. The van der Waals surface area contributed by atoms with Crippen molar-refractivity contribution in [1.82, 2.24) is 20.4 Å². The quantitative estimate of drug-likeness (QED) is 0.340. The lowest BCUT2D eigenvalue weighted by molar-refractivity contribution is 0.0538. The van der Waals surface area contributed by atoms with Crippen LogP contribution >= 0.6 is 0 Å². The van der Waals surface area contributed by atoms with Crippen molar-refractivity contribution in [3.63, 3.8) is 0 Å². The lowest BCUT2D eigenvalue weighted by atomic mass is 10.2. The van der Waals surface area contributed by atoms with Crippen molar-refractivity contribution in [3.05, 3.63) is 60.3 Å². The second-order valence-electron chi connectivity index (χ2n) is 6.45. The standard InChI is InChI=1S/C19H20FN7O4S/c1-27(32(3,29)30)18-13(6-5-9-21-18)23-14-10-17(22-11-12(14)19(28)26-31-2)25-16-8-4-7-15(20)24-16/h4-11H,1-3H3,(H,26,28)(H2,22,23,24,25). The summed E-state index contributed by atoms with van der Waals surface area (Å²) in [6.07, 6.45) is 3.76. The number of aromatic nitrogens is 3. The van der Waals surface area contributed by atoms with Crippen molar-refractivity contribution in [2.75, 3.05) is 35.4 Å². The van der Waals surface area contributed by atoms with Crippen molar-refractivity contribution in [3.8, 4) is 0 Å². The van der Waals surface area contributed by atoms with Gasteiger partial charge in [0.1, 0.15) is 11.6 Å². The predicted octanol–water partition coefficient (Wildman–Crippen LogP) is 2.18. The van der Waals surface area contributed by atoms with Crippen LogP contribution in [0.2, 0.25) is 0 Å². The summed E-state index contributed by atoms with van der Waals surface area (Å²) in [6.45, 7) is 0. The highest BCUT2D eigenvalue weighted by molar-refractivity contribution is 7.92. The number of hydrogen-bond acceptors (Lipinski definition) is 9. The number of carbonyl (C=O) groups is 1. The van der Waals surface area contributed by atoms with Crippen LogP contribution in [0.4, 0.5) is 33.2 Å². The Bertz CT molecular complexity index is 1240. The van der Waals surface area contributed by atoms with Crippen LogP contribution in [0.15, 0.2) is 48.8 Å². The number of halogens is 1. The van der Waals surface area contributed by atoms with Gasteiger partial charge < -0.3 is 10.6 Å². The third-order valence-electron chi connectivity index (χ3n) is 4.17. The van der Waals surface area contributed by atoms with Crippen LogP contribution in [0.1, 0.15) is 10.4 Å². The van der Waals surface area contributed by atoms with Crippen LogP contribution in [0, 0.1) is 5.95 Å². The summed E-state index contributed by atoms with van der Waals surface area (Å²) < 4.78 is 38.4. The zero-order valence-corrected chi connectivity index (χ0v) is 18.1. The number of nitrogens with zero attached hydrogens (tertiary/aromatic N) is 4. The molecule has 0 aliphatic rings. The average Bonchev–Trinajstić information content (AvgIpc) is 2.73. The Balaban J connectivity index is 2.03. The number of hydrogen-bond donors (Lipinski definition) is 3. The topological polar surface area (TPSA) is 138 Å². The first-order valence-electron chi connectivity index (χ1n) is 9.08. The first kappa shape index (κ1) is 22.8. The van der Waals surface area contributed by atoms with Crippen LogP contribution in [0.3, 0.4) is 0 Å². The van der Waals surface area contributed by atoms with Gasteiger partial charge >= 0.3 is 0 Å². The van der Waals surface area contributed by atoms with Crippen molar-refractivity contribution in [2.24, 2.45) is 0 Å². The van der Waals surface area contributed by atoms with Gasteiger partial charge in [0.05, 0.1) is 30.3 Å². The van der Waals surface area contributed by atoms with Crippen LogP contribution in [0.5, 0.6) is 0 Å². The van der Waals surface area contributed by atoms with Crippen LogP contribution < -0.4 is 20.4 Å². The normalized spacial score (nSPS) is 11.0. The minimum Gasteiger partial charge on any atom is -0.352 e. The zero-order chi connectivity index (χ0) is 23.3. The summed E-state index contributed by atoms with van der Waals surface area (Å²) in [6, 6.07) is 8.91. The smallest absolute Gasteiger partial charge is 0.278 e. The molecule has 0 unspecified atom stereocenters. The van der Waals surface area contributed by atoms with Crippen molar-refractivity contribution < 1.29 is 22.4 Å². The highest BCUT2D eigenvalue weighted by atomic mass is 32.2. The van der Waals surface area contributed by atoms with E-state index in [2.05, 4.69) is 35.9 Å². The van der Waals surface area contributed by atoms with E-state index >= 15 is 0 Å². The Hall–Kier alpha value is -3.84. The van der Waals surface area contributed by atoms with Gasteiger partial charge in [-0.1, -0.05) is 6.07 Å². The Morgan fingerprint density at radius 1 is 1.09 bits per heavy atom. The van der Waals surface area contributed by atoms with E-state index in [9.17, 15) is 17.6 Å². The Kier molecular flexibility index (Phi) is 6.80. The van der Waals surface area contributed by atoms with Gasteiger partial charge in [-0.25, -0.2) is 28.8 Å². The number of nitrogens with one attached hydrogen (secondary N) is 3. The maximum Gasteiger partial charge on any atom is 0.278 e. The molecule has 0 saturated heterocycles. The first-order chi connectivity index (χ1) is 15.2. The Labute approximate surface area is 183 Å². The summed E-state index contributed by atoms with van der Waals surface area (Å²) in [5, 5.41) is 5.86. The average molecular weight is 461 g/mol. The number of rotatable bonds is 8. The number of anilines is 5. The van der Waals surface area contributed by atoms with Gasteiger partial charge in [0.25, 0.3) is 5.91 Å². The predicted molar refractivity (Wildman–Crippen MR) is 117 cm³/mol. The molecule has 0 aliphatic carbocycles. The minimum absolute atomic E-state index is 0.0985. The minimum atomic E-state index is -3.60. The molecule has 3 rings (SSSR count). The largest absolute Gasteiger partial charge is 0.352 e. The monoisotopic (exact) mass is 461 g/mol. The molecule has 0 radical (unpaired) electrons. The second kappa shape index (κ2) is 9.53. The summed E-state index contributed by atoms with van der Waals surface area (Å²) in [5.41, 5.74) is 2.87. The van der Waals surface area contributed by atoms with E-state index in [1.807, 2.05) is 0 Å². The molecule has 0 aromatic carbocycles. The molecule has 0 aliphatic heterocycles. The van der Waals surface area contributed by atoms with Gasteiger partial charge in [-0.2, -0.15) is 4.39 Å². The Morgan fingerprint density at radius 3 is 2.56 bits per heavy atom. The third-order valence-corrected chi connectivity index (χ3v) is 5.33. The molecule has 3 N–H and O–H groups in total. The molecule has 0 atom stereocenters. The summed E-state index contributed by atoms with van der Waals surface area (Å²) in [4.78, 5) is 29.1. The summed E-state index contributed by atoms with van der Waals surface area (Å²) >= 11 is 0. The Morgan fingerprint density at radius 2 is 1.88 bits per heavy atom. The van der Waals surface area contributed by atoms with E-state index in [0.29, 0.717) is 5.69 Å². The van der Waals surface area contributed by atoms with Gasteiger partial charge in [0.2, 0.25) is 16.0 Å². The van der Waals surface area contributed by atoms with Crippen molar-refractivity contribution >= 4 is 44.8 Å². The summed E-state index contributed by atoms with van der Waals surface area (Å²) in [5.74, 6) is -0.697. The molecule has 0 spiro atoms. The lowest BCUT2D eigenvalue weighted by Gasteiger charge is -2.20. The fraction of sp³-hybridized carbons (Fsp3) is 0.158. The highest BCUT2D eigenvalue weighted by Gasteiger charge is 2.20. The molecule has 13 heteroatoms. The fourth-order valence-electron chi connectivity index (χ4n) is 2.61. The number of amides is 1. The second-order valence-corrected chi connectivity index (χ2v) is 8.46. The van der Waals surface area contributed by atoms with E-state index in [1.165, 1.54) is 44.8 Å². The molecule has 3 aromatic rings. The van der Waals surface area contributed by atoms with Gasteiger partial charge in [0, 0.05) is 25.5 Å². The fourth-order valence-corrected chi connectivity index (χ4v) is 3.07. The molecule has 32 heavy (non-hydrogen) atoms. The summed E-state index contributed by atoms with van der Waals surface area (Å²) in [7, 11) is -0.956. The molecule has 11 nitrogen and oxygen atoms in total. The zero-order valence-electron chi connectivity index (χ0n) is 17.3. The molecular weight excluding hydrogens is 441 g/mol. The molecule has 3 aromatic heterocycles. The molecule has 0 bridgehead atoms. The molecule has 0 fully saturated rings. The molecule has 3 heterocycles. The molecule has 0 saturated carbocycles. The molecular formula is C19H20FN7O4S.